The van der Waals surface area contributed by atoms with Crippen molar-refractivity contribution in [1.29, 1.82) is 0 Å². The van der Waals surface area contributed by atoms with Gasteiger partial charge in [-0.1, -0.05) is 11.6 Å². The number of anilines is 1. The summed E-state index contributed by atoms with van der Waals surface area (Å²) in [5, 5.41) is 4.03. The molecule has 2 aromatic rings. The Labute approximate surface area is 129 Å². The van der Waals surface area contributed by atoms with Crippen LogP contribution < -0.4 is 19.5 Å². The quantitative estimate of drug-likeness (QED) is 0.876. The Kier molecular flexibility index (Phi) is 5.17. The van der Waals surface area contributed by atoms with Crippen LogP contribution in [0.4, 0.5) is 5.69 Å². The largest absolute Gasteiger partial charge is 0.493 e. The van der Waals surface area contributed by atoms with Gasteiger partial charge in [0.15, 0.2) is 11.5 Å². The molecule has 112 valence electrons. The van der Waals surface area contributed by atoms with E-state index in [1.807, 2.05) is 36.4 Å². The minimum atomic E-state index is 0.593. The lowest BCUT2D eigenvalue weighted by Gasteiger charge is -2.14. The normalized spacial score (nSPS) is 10.1. The Morgan fingerprint density at radius 2 is 1.48 bits per heavy atom. The van der Waals surface area contributed by atoms with Crippen LogP contribution in [0.2, 0.25) is 5.02 Å². The summed E-state index contributed by atoms with van der Waals surface area (Å²) < 4.78 is 16.0. The second kappa shape index (κ2) is 7.09. The molecule has 0 aliphatic rings. The molecule has 1 N–H and O–H groups in total. The maximum atomic E-state index is 5.87. The molecule has 0 unspecified atom stereocenters. The molecular formula is C16H18ClNO3. The van der Waals surface area contributed by atoms with E-state index < -0.39 is 0 Å². The number of halogens is 1. The van der Waals surface area contributed by atoms with Crippen molar-refractivity contribution in [2.75, 3.05) is 26.6 Å². The summed E-state index contributed by atoms with van der Waals surface area (Å²) in [7, 11) is 4.80. The minimum Gasteiger partial charge on any atom is -0.493 e. The highest BCUT2D eigenvalue weighted by Crippen LogP contribution is 2.38. The molecule has 0 aliphatic heterocycles. The lowest BCUT2D eigenvalue weighted by molar-refractivity contribution is 0.324. The van der Waals surface area contributed by atoms with Gasteiger partial charge < -0.3 is 19.5 Å². The summed E-state index contributed by atoms with van der Waals surface area (Å²) >= 11 is 5.87. The van der Waals surface area contributed by atoms with E-state index in [1.54, 1.807) is 21.3 Å². The highest BCUT2D eigenvalue weighted by molar-refractivity contribution is 6.30. The molecule has 4 nitrogen and oxygen atoms in total. The fourth-order valence-electron chi connectivity index (χ4n) is 2.01. The number of hydrogen-bond acceptors (Lipinski definition) is 4. The molecule has 2 rings (SSSR count). The molecule has 0 bridgehead atoms. The van der Waals surface area contributed by atoms with Gasteiger partial charge in [0.05, 0.1) is 21.3 Å². The van der Waals surface area contributed by atoms with Crippen LogP contribution in [0.25, 0.3) is 0 Å². The number of benzene rings is 2. The van der Waals surface area contributed by atoms with Gasteiger partial charge in [0.25, 0.3) is 0 Å². The van der Waals surface area contributed by atoms with Crippen LogP contribution in [0.15, 0.2) is 36.4 Å². The third-order valence-corrected chi connectivity index (χ3v) is 3.32. The molecule has 0 saturated carbocycles. The fraction of sp³-hybridized carbons (Fsp3) is 0.250. The zero-order valence-corrected chi connectivity index (χ0v) is 13.0. The Morgan fingerprint density at radius 1 is 0.905 bits per heavy atom. The molecule has 0 aliphatic carbocycles. The number of nitrogens with one attached hydrogen (secondary N) is 1. The van der Waals surface area contributed by atoms with Gasteiger partial charge in [0, 0.05) is 17.3 Å². The van der Waals surface area contributed by atoms with Gasteiger partial charge in [0.2, 0.25) is 5.75 Å². The maximum Gasteiger partial charge on any atom is 0.203 e. The lowest BCUT2D eigenvalue weighted by atomic mass is 10.1. The number of methoxy groups -OCH3 is 3. The Morgan fingerprint density at radius 3 is 1.95 bits per heavy atom. The molecule has 0 fully saturated rings. The summed E-state index contributed by atoms with van der Waals surface area (Å²) in [5.41, 5.74) is 2.02. The summed E-state index contributed by atoms with van der Waals surface area (Å²) in [6.07, 6.45) is 0. The molecule has 0 saturated heterocycles. The van der Waals surface area contributed by atoms with Crippen LogP contribution in [-0.4, -0.2) is 21.3 Å². The second-order valence-electron chi connectivity index (χ2n) is 4.39. The lowest BCUT2D eigenvalue weighted by Crippen LogP contribution is -2.02. The van der Waals surface area contributed by atoms with E-state index in [1.165, 1.54) is 0 Å². The van der Waals surface area contributed by atoms with Gasteiger partial charge in [0.1, 0.15) is 0 Å². The van der Waals surface area contributed by atoms with Gasteiger partial charge in [-0.2, -0.15) is 0 Å². The van der Waals surface area contributed by atoms with Gasteiger partial charge in [-0.15, -0.1) is 0 Å². The Bertz CT molecular complexity index is 574. The summed E-state index contributed by atoms with van der Waals surface area (Å²) in [5.74, 6) is 1.88. The van der Waals surface area contributed by atoms with E-state index in [2.05, 4.69) is 5.32 Å². The van der Waals surface area contributed by atoms with Crippen molar-refractivity contribution in [2.45, 2.75) is 6.54 Å². The highest BCUT2D eigenvalue weighted by atomic mass is 35.5. The molecule has 0 amide bonds. The van der Waals surface area contributed by atoms with Gasteiger partial charge in [-0.25, -0.2) is 0 Å². The van der Waals surface area contributed by atoms with Crippen molar-refractivity contribution in [3.05, 3.63) is 47.0 Å². The molecule has 0 spiro atoms. The van der Waals surface area contributed by atoms with Crippen LogP contribution in [-0.2, 0) is 6.54 Å². The average molecular weight is 308 g/mol. The molecule has 5 heteroatoms. The topological polar surface area (TPSA) is 39.7 Å². The first-order chi connectivity index (χ1) is 10.2. The Balaban J connectivity index is 2.18. The minimum absolute atomic E-state index is 0.593. The molecule has 0 aromatic heterocycles. The highest BCUT2D eigenvalue weighted by Gasteiger charge is 2.12. The third-order valence-electron chi connectivity index (χ3n) is 3.07. The van der Waals surface area contributed by atoms with Gasteiger partial charge in [-0.05, 0) is 42.0 Å². The van der Waals surface area contributed by atoms with Crippen molar-refractivity contribution in [1.82, 2.24) is 0 Å². The number of ether oxygens (including phenoxy) is 3. The molecule has 0 atom stereocenters. The van der Waals surface area contributed by atoms with Gasteiger partial charge in [-0.3, -0.25) is 0 Å². The van der Waals surface area contributed by atoms with E-state index in [9.17, 15) is 0 Å². The first-order valence-corrected chi connectivity index (χ1v) is 6.84. The standard InChI is InChI=1S/C16H18ClNO3/c1-19-14-8-11(9-15(20-2)16(14)21-3)10-18-13-6-4-12(17)5-7-13/h4-9,18H,10H2,1-3H3. The fourth-order valence-corrected chi connectivity index (χ4v) is 2.14. The molecule has 21 heavy (non-hydrogen) atoms. The first-order valence-electron chi connectivity index (χ1n) is 6.46. The van der Waals surface area contributed by atoms with Crippen LogP contribution in [0.1, 0.15) is 5.56 Å². The van der Waals surface area contributed by atoms with Crippen molar-refractivity contribution in [3.63, 3.8) is 0 Å². The SMILES string of the molecule is COc1cc(CNc2ccc(Cl)cc2)cc(OC)c1OC. The van der Waals surface area contributed by atoms with Crippen LogP contribution in [0.5, 0.6) is 17.2 Å². The van der Waals surface area contributed by atoms with E-state index in [0.717, 1.165) is 11.3 Å². The zero-order chi connectivity index (χ0) is 15.2. The first kappa shape index (κ1) is 15.3. The third kappa shape index (κ3) is 3.73. The summed E-state index contributed by atoms with van der Waals surface area (Å²) in [6, 6.07) is 11.4. The van der Waals surface area contributed by atoms with Crippen molar-refractivity contribution < 1.29 is 14.2 Å². The second-order valence-corrected chi connectivity index (χ2v) is 4.83. The van der Waals surface area contributed by atoms with Crippen molar-refractivity contribution in [2.24, 2.45) is 0 Å². The smallest absolute Gasteiger partial charge is 0.203 e. The van der Waals surface area contributed by atoms with Crippen LogP contribution in [0.3, 0.4) is 0 Å². The van der Waals surface area contributed by atoms with E-state index in [0.29, 0.717) is 28.8 Å². The number of hydrogen-bond donors (Lipinski definition) is 1. The number of rotatable bonds is 6. The van der Waals surface area contributed by atoms with Gasteiger partial charge >= 0.3 is 0 Å². The van der Waals surface area contributed by atoms with Crippen LogP contribution >= 0.6 is 11.6 Å². The summed E-state index contributed by atoms with van der Waals surface area (Å²) in [4.78, 5) is 0. The van der Waals surface area contributed by atoms with E-state index in [4.69, 9.17) is 25.8 Å². The van der Waals surface area contributed by atoms with Crippen molar-refractivity contribution in [3.8, 4) is 17.2 Å². The molecule has 0 heterocycles. The average Bonchev–Trinajstić information content (AvgIpc) is 2.53. The molecular weight excluding hydrogens is 290 g/mol. The maximum absolute atomic E-state index is 5.87. The summed E-state index contributed by atoms with van der Waals surface area (Å²) in [6.45, 7) is 0.637. The molecule has 2 aromatic carbocycles. The predicted octanol–water partition coefficient (Wildman–Crippen LogP) is 3.98. The Hall–Kier alpha value is -2.07. The monoisotopic (exact) mass is 307 g/mol. The van der Waals surface area contributed by atoms with E-state index >= 15 is 0 Å². The van der Waals surface area contributed by atoms with Crippen LogP contribution in [0, 0.1) is 0 Å². The zero-order valence-electron chi connectivity index (χ0n) is 12.3. The van der Waals surface area contributed by atoms with E-state index in [-0.39, 0.29) is 0 Å². The molecule has 0 radical (unpaired) electrons. The predicted molar refractivity (Wildman–Crippen MR) is 84.9 cm³/mol. The van der Waals surface area contributed by atoms with Crippen molar-refractivity contribution >= 4 is 17.3 Å².